The topological polar surface area (TPSA) is 9.86 Å². The molecule has 0 bridgehead atoms. The van der Waals surface area contributed by atoms with Crippen molar-refractivity contribution in [3.05, 3.63) is 210 Å². The van der Waals surface area contributed by atoms with Gasteiger partial charge in [-0.2, -0.15) is 0 Å². The number of aromatic nitrogens is 2. The minimum Gasteiger partial charge on any atom is -0.310 e. The Morgan fingerprint density at radius 3 is 1.62 bits per heavy atom. The summed E-state index contributed by atoms with van der Waals surface area (Å²) in [5.74, 6) is 0. The minimum absolute atomic E-state index is 0.0545. The molecule has 11 aromatic rings. The van der Waals surface area contributed by atoms with Crippen LogP contribution in [-0.4, -0.2) is 15.8 Å². The maximum absolute atomic E-state index is 2.70. The van der Waals surface area contributed by atoms with E-state index in [4.69, 9.17) is 0 Å². The summed E-state index contributed by atoms with van der Waals surface area (Å²) in [5, 5.41) is 5.28. The number of nitrogens with zero attached hydrogens (tertiary/aromatic N) is 2. The minimum atomic E-state index is -0.521. The van der Waals surface area contributed by atoms with E-state index in [1.165, 1.54) is 127 Å². The van der Waals surface area contributed by atoms with Crippen LogP contribution in [0.3, 0.4) is 0 Å². The zero-order chi connectivity index (χ0) is 37.4. The molecule has 3 heteroatoms. The summed E-state index contributed by atoms with van der Waals surface area (Å²) in [5.41, 5.74) is 24.7. The first-order valence-electron chi connectivity index (χ1n) is 20.5. The Bertz CT molecular complexity index is 3630. The molecule has 0 radical (unpaired) electrons. The molecule has 9 aromatic carbocycles. The fourth-order valence-electron chi connectivity index (χ4n) is 12.3. The van der Waals surface area contributed by atoms with Crippen molar-refractivity contribution in [1.29, 1.82) is 0 Å². The maximum atomic E-state index is 2.70. The Morgan fingerprint density at radius 2 is 0.879 bits per heavy atom. The molecule has 2 aromatic heterocycles. The van der Waals surface area contributed by atoms with Crippen LogP contribution in [0.5, 0.6) is 0 Å². The first kappa shape index (κ1) is 29.9. The van der Waals surface area contributed by atoms with Crippen molar-refractivity contribution in [2.45, 2.75) is 5.41 Å². The predicted octanol–water partition coefficient (Wildman–Crippen LogP) is 11.0. The lowest BCUT2D eigenvalue weighted by molar-refractivity contribution is 0.749. The fraction of sp³-hybridized carbons (Fsp3) is 0.0182. The number of hydrogen-bond donors (Lipinski definition) is 0. The van der Waals surface area contributed by atoms with Crippen LogP contribution in [0, 0.1) is 0 Å². The first-order chi connectivity index (χ1) is 28.8. The lowest BCUT2D eigenvalue weighted by Crippen LogP contribution is -2.60. The Balaban J connectivity index is 1.21. The monoisotopic (exact) mass is 730 g/mol. The molecule has 5 heterocycles. The summed E-state index contributed by atoms with van der Waals surface area (Å²) in [6.07, 6.45) is 0. The van der Waals surface area contributed by atoms with Crippen LogP contribution in [0.2, 0.25) is 0 Å². The van der Waals surface area contributed by atoms with E-state index in [9.17, 15) is 0 Å². The lowest BCUT2D eigenvalue weighted by atomic mass is 9.33. The molecule has 0 N–H and O–H groups in total. The second-order valence-electron chi connectivity index (χ2n) is 16.7. The molecule has 1 spiro atoms. The van der Waals surface area contributed by atoms with Crippen LogP contribution in [0.15, 0.2) is 188 Å². The van der Waals surface area contributed by atoms with E-state index >= 15 is 0 Å². The van der Waals surface area contributed by atoms with Crippen molar-refractivity contribution in [1.82, 2.24) is 9.13 Å². The molecule has 0 saturated carbocycles. The van der Waals surface area contributed by atoms with Crippen LogP contribution in [0.25, 0.3) is 88.4 Å². The highest BCUT2D eigenvalue weighted by Crippen LogP contribution is 2.62. The van der Waals surface area contributed by atoms with E-state index in [2.05, 4.69) is 197 Å². The molecule has 0 saturated heterocycles. The summed E-state index contributed by atoms with van der Waals surface area (Å²) in [6.45, 7) is 0.0545. The average Bonchev–Trinajstić information content (AvgIpc) is 3.92. The summed E-state index contributed by atoms with van der Waals surface area (Å²) in [4.78, 5) is 0. The molecule has 15 rings (SSSR count). The molecule has 0 amide bonds. The van der Waals surface area contributed by atoms with Gasteiger partial charge in [0, 0.05) is 43.8 Å². The molecule has 0 atom stereocenters. The third-order valence-electron chi connectivity index (χ3n) is 14.3. The number of hydrogen-bond acceptors (Lipinski definition) is 0. The van der Waals surface area contributed by atoms with Gasteiger partial charge >= 0.3 is 0 Å². The smallest absolute Gasteiger partial charge is 0.252 e. The number of para-hydroxylation sites is 4. The van der Waals surface area contributed by atoms with Crippen LogP contribution in [0.4, 0.5) is 0 Å². The fourth-order valence-corrected chi connectivity index (χ4v) is 12.3. The van der Waals surface area contributed by atoms with Gasteiger partial charge in [0.2, 0.25) is 0 Å². The summed E-state index contributed by atoms with van der Waals surface area (Å²) in [6, 6.07) is 71.5. The lowest BCUT2D eigenvalue weighted by Gasteiger charge is -2.44. The second kappa shape index (κ2) is 10.1. The van der Waals surface area contributed by atoms with Gasteiger partial charge in [-0.05, 0) is 78.6 Å². The summed E-state index contributed by atoms with van der Waals surface area (Å²) >= 11 is 0. The normalized spacial score (nSPS) is 14.3. The molecular weight excluding hydrogens is 699 g/mol. The molecule has 0 unspecified atom stereocenters. The zero-order valence-electron chi connectivity index (χ0n) is 31.4. The van der Waals surface area contributed by atoms with Crippen LogP contribution in [-0.2, 0) is 5.41 Å². The van der Waals surface area contributed by atoms with E-state index in [1.54, 1.807) is 0 Å². The van der Waals surface area contributed by atoms with Gasteiger partial charge in [0.1, 0.15) is 0 Å². The van der Waals surface area contributed by atoms with E-state index in [1.807, 2.05) is 0 Å². The van der Waals surface area contributed by atoms with Crippen molar-refractivity contribution < 1.29 is 0 Å². The summed E-state index contributed by atoms with van der Waals surface area (Å²) < 4.78 is 5.34. The van der Waals surface area contributed by atoms with Crippen molar-refractivity contribution in [2.75, 3.05) is 0 Å². The molecule has 1 aliphatic carbocycles. The van der Waals surface area contributed by atoms with E-state index in [-0.39, 0.29) is 6.71 Å². The first-order valence-corrected chi connectivity index (χ1v) is 20.5. The molecule has 264 valence electrons. The Labute approximate surface area is 335 Å². The van der Waals surface area contributed by atoms with Gasteiger partial charge < -0.3 is 9.13 Å². The zero-order valence-corrected chi connectivity index (χ0v) is 31.4. The largest absolute Gasteiger partial charge is 0.310 e. The molecule has 3 aliphatic heterocycles. The van der Waals surface area contributed by atoms with Crippen molar-refractivity contribution >= 4 is 66.7 Å². The molecule has 0 fully saturated rings. The van der Waals surface area contributed by atoms with E-state index < -0.39 is 5.41 Å². The molecule has 58 heavy (non-hydrogen) atoms. The Kier molecular flexibility index (Phi) is 5.22. The molecule has 2 nitrogen and oxygen atoms in total. The molecular formula is C55H31BN2. The van der Waals surface area contributed by atoms with Crippen molar-refractivity contribution in [3.8, 4) is 44.8 Å². The standard InChI is InChI=1S/C55H31BN2/c1-2-13-32(14-3-1)33-27-29-34(30-28-33)41-31-45-54-49-53(41)57-48-26-9-6-17-37(48)38-19-11-24-46(51(38)57)56(49)47-25-12-20-40-39-18-10-23-44(50(39)58(54)52(40)47)55(45)42-21-7-4-15-35(42)36-16-5-8-22-43(36)55/h1-31H. The Morgan fingerprint density at radius 1 is 0.345 bits per heavy atom. The van der Waals surface area contributed by atoms with Crippen molar-refractivity contribution in [3.63, 3.8) is 0 Å². The van der Waals surface area contributed by atoms with E-state index in [0.717, 1.165) is 0 Å². The van der Waals surface area contributed by atoms with Crippen LogP contribution in [0.1, 0.15) is 22.3 Å². The quantitative estimate of drug-likeness (QED) is 0.157. The number of fused-ring (bicyclic) bond motifs is 14. The van der Waals surface area contributed by atoms with Gasteiger partial charge in [0.25, 0.3) is 6.71 Å². The SMILES string of the molecule is c1ccc(-c2ccc(-c3cc4c5c6c3-n3c7ccccc7c7cccc(c73)B6c3cccc6c7cccc(c7n-5c36)C43c4ccccc4-c4ccccc43)cc2)cc1. The third kappa shape index (κ3) is 3.20. The van der Waals surface area contributed by atoms with Crippen molar-refractivity contribution in [2.24, 2.45) is 0 Å². The average molecular weight is 731 g/mol. The highest BCUT2D eigenvalue weighted by atomic mass is 15.1. The second-order valence-corrected chi connectivity index (χ2v) is 16.7. The van der Waals surface area contributed by atoms with Crippen LogP contribution >= 0.6 is 0 Å². The van der Waals surface area contributed by atoms with Gasteiger partial charge in [-0.1, -0.05) is 176 Å². The van der Waals surface area contributed by atoms with Gasteiger partial charge in [-0.25, -0.2) is 0 Å². The highest BCUT2D eigenvalue weighted by Gasteiger charge is 2.54. The van der Waals surface area contributed by atoms with Gasteiger partial charge in [-0.15, -0.1) is 0 Å². The third-order valence-corrected chi connectivity index (χ3v) is 14.3. The summed E-state index contributed by atoms with van der Waals surface area (Å²) in [7, 11) is 0. The maximum Gasteiger partial charge on any atom is 0.252 e. The Hall–Kier alpha value is -7.36. The van der Waals surface area contributed by atoms with Gasteiger partial charge in [-0.3, -0.25) is 0 Å². The highest BCUT2D eigenvalue weighted by molar-refractivity contribution is 7.00. The van der Waals surface area contributed by atoms with Gasteiger partial charge in [0.15, 0.2) is 0 Å². The number of benzene rings is 9. The molecule has 4 aliphatic rings. The van der Waals surface area contributed by atoms with E-state index in [0.29, 0.717) is 0 Å². The van der Waals surface area contributed by atoms with Gasteiger partial charge in [0.05, 0.1) is 22.1 Å². The number of rotatable bonds is 2. The predicted molar refractivity (Wildman–Crippen MR) is 242 cm³/mol. The van der Waals surface area contributed by atoms with Crippen LogP contribution < -0.4 is 16.4 Å².